The van der Waals surface area contributed by atoms with Crippen molar-refractivity contribution in [2.45, 2.75) is 31.7 Å². The monoisotopic (exact) mass is 203 g/mol. The van der Waals surface area contributed by atoms with Crippen LogP contribution >= 0.6 is 11.8 Å². The first-order chi connectivity index (χ1) is 6.29. The quantitative estimate of drug-likeness (QED) is 0.657. The van der Waals surface area contributed by atoms with E-state index in [0.29, 0.717) is 6.61 Å². The Balaban J connectivity index is 2.47. The van der Waals surface area contributed by atoms with E-state index in [0.717, 1.165) is 24.6 Å². The third kappa shape index (κ3) is 2.86. The Hall–Kier alpha value is 0.270. The lowest BCUT2D eigenvalue weighted by Gasteiger charge is -2.32. The molecular weight excluding hydrogens is 182 g/mol. The third-order valence-electron chi connectivity index (χ3n) is 2.77. The minimum absolute atomic E-state index is 0.0232. The Kier molecular flexibility index (Phi) is 4.56. The number of aliphatic hydroxyl groups excluding tert-OH is 1. The van der Waals surface area contributed by atoms with Crippen molar-refractivity contribution in [2.24, 2.45) is 5.92 Å². The van der Waals surface area contributed by atoms with Crippen LogP contribution in [0.3, 0.4) is 0 Å². The maximum absolute atomic E-state index is 9.47. The number of hydrogen-bond acceptors (Lipinski definition) is 3. The summed E-state index contributed by atoms with van der Waals surface area (Å²) in [5.74, 6) is 1.75. The molecule has 78 valence electrons. The normalized spacial score (nSPS) is 21.5. The summed E-state index contributed by atoms with van der Waals surface area (Å²) in [7, 11) is 0. The van der Waals surface area contributed by atoms with Gasteiger partial charge in [-0.1, -0.05) is 6.92 Å². The van der Waals surface area contributed by atoms with E-state index in [1.807, 2.05) is 11.8 Å². The molecule has 3 heteroatoms. The van der Waals surface area contributed by atoms with Crippen LogP contribution in [0.5, 0.6) is 0 Å². The van der Waals surface area contributed by atoms with Crippen LogP contribution in [0.4, 0.5) is 0 Å². The topological polar surface area (TPSA) is 32.3 Å². The first kappa shape index (κ1) is 11.3. The highest BCUT2D eigenvalue weighted by atomic mass is 32.2. The number of rotatable bonds is 7. The molecule has 1 unspecified atom stereocenters. The van der Waals surface area contributed by atoms with Crippen molar-refractivity contribution >= 4 is 11.8 Å². The molecule has 0 radical (unpaired) electrons. The van der Waals surface area contributed by atoms with Crippen LogP contribution in [-0.2, 0) is 0 Å². The van der Waals surface area contributed by atoms with E-state index >= 15 is 0 Å². The van der Waals surface area contributed by atoms with Crippen molar-refractivity contribution in [3.63, 3.8) is 0 Å². The Morgan fingerprint density at radius 2 is 2.23 bits per heavy atom. The van der Waals surface area contributed by atoms with Crippen molar-refractivity contribution < 1.29 is 5.11 Å². The number of hydrogen-bond donors (Lipinski definition) is 2. The van der Waals surface area contributed by atoms with Crippen LogP contribution in [0.2, 0.25) is 0 Å². The molecule has 2 N–H and O–H groups in total. The van der Waals surface area contributed by atoms with Gasteiger partial charge in [-0.2, -0.15) is 11.8 Å². The van der Waals surface area contributed by atoms with Gasteiger partial charge in [0.1, 0.15) is 0 Å². The summed E-state index contributed by atoms with van der Waals surface area (Å²) in [4.78, 5) is 0. The zero-order valence-electron chi connectivity index (χ0n) is 8.68. The van der Waals surface area contributed by atoms with E-state index in [9.17, 15) is 5.11 Å². The molecule has 1 aliphatic carbocycles. The lowest BCUT2D eigenvalue weighted by molar-refractivity contribution is 0.159. The minimum atomic E-state index is 0.0232. The first-order valence-corrected chi connectivity index (χ1v) is 6.53. The Morgan fingerprint density at radius 3 is 2.62 bits per heavy atom. The lowest BCUT2D eigenvalue weighted by atomic mass is 9.96. The number of aliphatic hydroxyl groups is 1. The minimum Gasteiger partial charge on any atom is -0.394 e. The Labute approximate surface area is 85.5 Å². The third-order valence-corrected chi connectivity index (χ3v) is 3.57. The molecule has 1 rings (SSSR count). The summed E-state index contributed by atoms with van der Waals surface area (Å²) in [6.45, 7) is 3.48. The summed E-state index contributed by atoms with van der Waals surface area (Å²) >= 11 is 1.83. The molecule has 2 nitrogen and oxygen atoms in total. The molecule has 0 bridgehead atoms. The second-order valence-electron chi connectivity index (χ2n) is 3.95. The number of thioether (sulfide) groups is 1. The summed E-state index contributed by atoms with van der Waals surface area (Å²) < 4.78 is 0. The van der Waals surface area contributed by atoms with E-state index < -0.39 is 0 Å². The van der Waals surface area contributed by atoms with Crippen molar-refractivity contribution in [1.82, 2.24) is 5.32 Å². The van der Waals surface area contributed by atoms with Gasteiger partial charge in [0.25, 0.3) is 0 Å². The largest absolute Gasteiger partial charge is 0.394 e. The zero-order chi connectivity index (χ0) is 9.73. The Morgan fingerprint density at radius 1 is 1.54 bits per heavy atom. The molecule has 0 aromatic rings. The van der Waals surface area contributed by atoms with Gasteiger partial charge >= 0.3 is 0 Å². The predicted molar refractivity (Wildman–Crippen MR) is 59.2 cm³/mol. The molecule has 1 aliphatic rings. The van der Waals surface area contributed by atoms with E-state index in [4.69, 9.17) is 0 Å². The van der Waals surface area contributed by atoms with Crippen LogP contribution in [-0.4, -0.2) is 35.8 Å². The van der Waals surface area contributed by atoms with Gasteiger partial charge in [0, 0.05) is 5.75 Å². The second-order valence-corrected chi connectivity index (χ2v) is 4.81. The molecule has 0 heterocycles. The van der Waals surface area contributed by atoms with Crippen LogP contribution < -0.4 is 5.32 Å². The fourth-order valence-electron chi connectivity index (χ4n) is 1.81. The molecule has 0 aliphatic heterocycles. The SMILES string of the molecule is CCCNC(CO)(CSC)C1CC1. The molecule has 1 atom stereocenters. The molecule has 0 spiro atoms. The van der Waals surface area contributed by atoms with Crippen LogP contribution in [0.1, 0.15) is 26.2 Å². The van der Waals surface area contributed by atoms with Crippen LogP contribution in [0.15, 0.2) is 0 Å². The fraction of sp³-hybridized carbons (Fsp3) is 1.00. The smallest absolute Gasteiger partial charge is 0.0624 e. The Bertz CT molecular complexity index is 150. The standard InChI is InChI=1S/C10H21NOS/c1-3-6-11-10(7-12,8-13-2)9-4-5-9/h9,11-12H,3-8H2,1-2H3. The molecule has 1 saturated carbocycles. The van der Waals surface area contributed by atoms with E-state index in [1.165, 1.54) is 12.8 Å². The zero-order valence-corrected chi connectivity index (χ0v) is 9.49. The highest BCUT2D eigenvalue weighted by molar-refractivity contribution is 7.98. The van der Waals surface area contributed by atoms with Crippen molar-refractivity contribution in [3.05, 3.63) is 0 Å². The van der Waals surface area contributed by atoms with Gasteiger partial charge in [-0.05, 0) is 38.0 Å². The van der Waals surface area contributed by atoms with Crippen molar-refractivity contribution in [2.75, 3.05) is 25.2 Å². The van der Waals surface area contributed by atoms with Gasteiger partial charge in [0.05, 0.1) is 12.1 Å². The van der Waals surface area contributed by atoms with Gasteiger partial charge in [0.2, 0.25) is 0 Å². The van der Waals surface area contributed by atoms with Crippen LogP contribution in [0, 0.1) is 5.92 Å². The van der Waals surface area contributed by atoms with Gasteiger partial charge in [-0.25, -0.2) is 0 Å². The summed E-state index contributed by atoms with van der Waals surface area (Å²) in [5, 5.41) is 13.0. The molecule has 0 aromatic heterocycles. The summed E-state index contributed by atoms with van der Waals surface area (Å²) in [6.07, 6.45) is 5.83. The van der Waals surface area contributed by atoms with Gasteiger partial charge < -0.3 is 10.4 Å². The molecule has 0 amide bonds. The maximum Gasteiger partial charge on any atom is 0.0624 e. The molecular formula is C10H21NOS. The lowest BCUT2D eigenvalue weighted by Crippen LogP contribution is -2.53. The summed E-state index contributed by atoms with van der Waals surface area (Å²) in [5.41, 5.74) is 0.0232. The average Bonchev–Trinajstić information content (AvgIpc) is 2.96. The second kappa shape index (κ2) is 5.23. The van der Waals surface area contributed by atoms with Crippen molar-refractivity contribution in [1.29, 1.82) is 0 Å². The number of nitrogens with one attached hydrogen (secondary N) is 1. The highest BCUT2D eigenvalue weighted by Gasteiger charge is 2.43. The van der Waals surface area contributed by atoms with Gasteiger partial charge in [-0.3, -0.25) is 0 Å². The van der Waals surface area contributed by atoms with Gasteiger partial charge in [0.15, 0.2) is 0 Å². The fourth-order valence-corrected chi connectivity index (χ4v) is 2.76. The van der Waals surface area contributed by atoms with E-state index in [-0.39, 0.29) is 5.54 Å². The van der Waals surface area contributed by atoms with Gasteiger partial charge in [-0.15, -0.1) is 0 Å². The average molecular weight is 203 g/mol. The molecule has 13 heavy (non-hydrogen) atoms. The molecule has 0 saturated heterocycles. The molecule has 1 fully saturated rings. The predicted octanol–water partition coefficient (Wildman–Crippen LogP) is 1.49. The first-order valence-electron chi connectivity index (χ1n) is 5.14. The maximum atomic E-state index is 9.47. The van der Waals surface area contributed by atoms with Crippen molar-refractivity contribution in [3.8, 4) is 0 Å². The summed E-state index contributed by atoms with van der Waals surface area (Å²) in [6, 6.07) is 0. The molecule has 0 aromatic carbocycles. The highest BCUT2D eigenvalue weighted by Crippen LogP contribution is 2.40. The van der Waals surface area contributed by atoms with E-state index in [1.54, 1.807) is 0 Å². The van der Waals surface area contributed by atoms with Crippen LogP contribution in [0.25, 0.3) is 0 Å². The van der Waals surface area contributed by atoms with E-state index in [2.05, 4.69) is 18.5 Å².